The molecule has 1 aromatic rings. The molecule has 1 unspecified atom stereocenters. The monoisotopic (exact) mass is 315 g/mol. The van der Waals surface area contributed by atoms with Crippen molar-refractivity contribution >= 4 is 27.2 Å². The summed E-state index contributed by atoms with van der Waals surface area (Å²) < 4.78 is 27.5. The zero-order valence-electron chi connectivity index (χ0n) is 12.2. The van der Waals surface area contributed by atoms with E-state index in [-0.39, 0.29) is 15.9 Å². The minimum atomic E-state index is -3.58. The van der Waals surface area contributed by atoms with Gasteiger partial charge in [0.15, 0.2) is 0 Å². The van der Waals surface area contributed by atoms with Gasteiger partial charge in [0.2, 0.25) is 10.0 Å². The van der Waals surface area contributed by atoms with E-state index in [4.69, 9.17) is 18.0 Å². The summed E-state index contributed by atoms with van der Waals surface area (Å²) in [5, 5.41) is 0. The predicted molar refractivity (Wildman–Crippen MR) is 85.4 cm³/mol. The lowest BCUT2D eigenvalue weighted by molar-refractivity contribution is 0.370. The lowest BCUT2D eigenvalue weighted by Crippen LogP contribution is -2.39. The first-order chi connectivity index (χ1) is 9.13. The van der Waals surface area contributed by atoms with E-state index in [1.807, 2.05) is 25.9 Å². The lowest BCUT2D eigenvalue weighted by atomic mass is 10.1. The van der Waals surface area contributed by atoms with Crippen molar-refractivity contribution in [2.45, 2.75) is 24.8 Å². The second kappa shape index (κ2) is 6.62. The Kier molecular flexibility index (Phi) is 5.64. The van der Waals surface area contributed by atoms with Crippen LogP contribution in [0.15, 0.2) is 23.1 Å². The average Bonchev–Trinajstić information content (AvgIpc) is 2.26. The van der Waals surface area contributed by atoms with Gasteiger partial charge < -0.3 is 10.6 Å². The third-order valence-corrected chi connectivity index (χ3v) is 4.72. The highest BCUT2D eigenvalue weighted by Gasteiger charge is 2.20. The Morgan fingerprint density at radius 2 is 2.05 bits per heavy atom. The molecule has 0 amide bonds. The molecule has 0 saturated heterocycles. The van der Waals surface area contributed by atoms with Crippen molar-refractivity contribution in [2.75, 3.05) is 20.6 Å². The molecular weight excluding hydrogens is 294 g/mol. The fourth-order valence-electron chi connectivity index (χ4n) is 1.96. The second-order valence-electron chi connectivity index (χ2n) is 5.13. The van der Waals surface area contributed by atoms with Gasteiger partial charge in [0.05, 0.1) is 4.90 Å². The molecule has 0 spiro atoms. The first-order valence-electron chi connectivity index (χ1n) is 6.21. The third-order valence-electron chi connectivity index (χ3n) is 2.76. The van der Waals surface area contributed by atoms with E-state index in [1.165, 1.54) is 6.07 Å². The van der Waals surface area contributed by atoms with Crippen LogP contribution in [0.4, 0.5) is 0 Å². The number of aryl methyl sites for hydroxylation is 1. The molecule has 0 saturated carbocycles. The molecule has 0 aromatic heterocycles. The smallest absolute Gasteiger partial charge is 0.241 e. The molecule has 5 nitrogen and oxygen atoms in total. The van der Waals surface area contributed by atoms with E-state index in [1.54, 1.807) is 19.1 Å². The van der Waals surface area contributed by atoms with Gasteiger partial charge in [-0.3, -0.25) is 0 Å². The van der Waals surface area contributed by atoms with Crippen molar-refractivity contribution in [3.05, 3.63) is 29.3 Å². The predicted octanol–water partition coefficient (Wildman–Crippen LogP) is 0.858. The van der Waals surface area contributed by atoms with Gasteiger partial charge in [0.25, 0.3) is 0 Å². The van der Waals surface area contributed by atoms with Crippen LogP contribution in [0.2, 0.25) is 0 Å². The molecule has 3 N–H and O–H groups in total. The molecule has 1 rings (SSSR count). The third kappa shape index (κ3) is 4.52. The summed E-state index contributed by atoms with van der Waals surface area (Å²) in [4.78, 5) is 2.32. The molecule has 20 heavy (non-hydrogen) atoms. The second-order valence-corrected chi connectivity index (χ2v) is 7.25. The summed E-state index contributed by atoms with van der Waals surface area (Å²) in [5.74, 6) is 0. The van der Waals surface area contributed by atoms with Crippen molar-refractivity contribution < 1.29 is 8.42 Å². The van der Waals surface area contributed by atoms with Crippen LogP contribution in [0.25, 0.3) is 0 Å². The van der Waals surface area contributed by atoms with Crippen LogP contribution < -0.4 is 10.5 Å². The molecule has 112 valence electrons. The summed E-state index contributed by atoms with van der Waals surface area (Å²) in [5.41, 5.74) is 6.76. The Morgan fingerprint density at radius 3 is 2.55 bits per heavy atom. The largest absolute Gasteiger partial charge is 0.389 e. The van der Waals surface area contributed by atoms with Gasteiger partial charge in [-0.1, -0.05) is 24.4 Å². The Bertz CT molecular complexity index is 598. The highest BCUT2D eigenvalue weighted by Crippen LogP contribution is 2.17. The number of benzene rings is 1. The molecule has 1 aromatic carbocycles. The van der Waals surface area contributed by atoms with Gasteiger partial charge in [-0.15, -0.1) is 0 Å². The Balaban J connectivity index is 3.09. The van der Waals surface area contributed by atoms with Gasteiger partial charge in [-0.2, -0.15) is 0 Å². The van der Waals surface area contributed by atoms with Gasteiger partial charge >= 0.3 is 0 Å². The molecule has 0 radical (unpaired) electrons. The first-order valence-corrected chi connectivity index (χ1v) is 8.10. The van der Waals surface area contributed by atoms with E-state index in [2.05, 4.69) is 4.72 Å². The molecule has 0 aliphatic heterocycles. The van der Waals surface area contributed by atoms with Gasteiger partial charge in [-0.05, 0) is 39.6 Å². The molecule has 0 aliphatic carbocycles. The van der Waals surface area contributed by atoms with Crippen LogP contribution in [0.3, 0.4) is 0 Å². The van der Waals surface area contributed by atoms with E-state index < -0.39 is 10.0 Å². The van der Waals surface area contributed by atoms with Gasteiger partial charge in [-0.25, -0.2) is 13.1 Å². The van der Waals surface area contributed by atoms with Crippen LogP contribution in [0.1, 0.15) is 18.1 Å². The number of sulfonamides is 1. The standard InChI is InChI=1S/C13H21N3O2S2/c1-9-5-6-11(13(14)19)7-12(9)20(17,18)15-10(2)8-16(3)4/h5-7,10,15H,8H2,1-4H3,(H2,14,19). The summed E-state index contributed by atoms with van der Waals surface area (Å²) in [6.07, 6.45) is 0. The van der Waals surface area contributed by atoms with Gasteiger partial charge in [0.1, 0.15) is 4.99 Å². The molecule has 1 atom stereocenters. The maximum atomic E-state index is 12.4. The quantitative estimate of drug-likeness (QED) is 0.762. The Morgan fingerprint density at radius 1 is 1.45 bits per heavy atom. The number of rotatable bonds is 6. The minimum Gasteiger partial charge on any atom is -0.389 e. The number of hydrogen-bond acceptors (Lipinski definition) is 4. The molecule has 7 heteroatoms. The highest BCUT2D eigenvalue weighted by atomic mass is 32.2. The fraction of sp³-hybridized carbons (Fsp3) is 0.462. The zero-order valence-corrected chi connectivity index (χ0v) is 13.8. The van der Waals surface area contributed by atoms with Crippen LogP contribution in [-0.2, 0) is 10.0 Å². The van der Waals surface area contributed by atoms with Crippen LogP contribution in [0.5, 0.6) is 0 Å². The molecule has 0 heterocycles. The molecule has 0 bridgehead atoms. The topological polar surface area (TPSA) is 75.4 Å². The van der Waals surface area contributed by atoms with E-state index >= 15 is 0 Å². The van der Waals surface area contributed by atoms with E-state index in [9.17, 15) is 8.42 Å². The summed E-state index contributed by atoms with van der Waals surface area (Å²) in [6.45, 7) is 4.19. The number of likely N-dealkylation sites (N-methyl/N-ethyl adjacent to an activating group) is 1. The summed E-state index contributed by atoms with van der Waals surface area (Å²) in [6, 6.07) is 4.75. The summed E-state index contributed by atoms with van der Waals surface area (Å²) >= 11 is 4.89. The van der Waals surface area contributed by atoms with E-state index in [0.717, 1.165) is 0 Å². The van der Waals surface area contributed by atoms with Crippen LogP contribution >= 0.6 is 12.2 Å². The van der Waals surface area contributed by atoms with E-state index in [0.29, 0.717) is 17.7 Å². The molecular formula is C13H21N3O2S2. The molecule has 0 fully saturated rings. The Labute approximate surface area is 126 Å². The van der Waals surface area contributed by atoms with Crippen molar-refractivity contribution in [2.24, 2.45) is 5.73 Å². The van der Waals surface area contributed by atoms with Gasteiger partial charge in [0, 0.05) is 18.2 Å². The summed E-state index contributed by atoms with van der Waals surface area (Å²) in [7, 11) is 0.201. The van der Waals surface area contributed by atoms with Crippen molar-refractivity contribution in [1.29, 1.82) is 0 Å². The SMILES string of the molecule is Cc1ccc(C(N)=S)cc1S(=O)(=O)NC(C)CN(C)C. The lowest BCUT2D eigenvalue weighted by Gasteiger charge is -2.19. The van der Waals surface area contributed by atoms with Crippen molar-refractivity contribution in [1.82, 2.24) is 9.62 Å². The Hall–Kier alpha value is -1.02. The number of hydrogen-bond donors (Lipinski definition) is 2. The zero-order chi connectivity index (χ0) is 15.5. The normalized spacial score (nSPS) is 13.4. The fourth-order valence-corrected chi connectivity index (χ4v) is 3.59. The molecule has 0 aliphatic rings. The van der Waals surface area contributed by atoms with Crippen molar-refractivity contribution in [3.8, 4) is 0 Å². The van der Waals surface area contributed by atoms with Crippen molar-refractivity contribution in [3.63, 3.8) is 0 Å². The number of thiocarbonyl (C=S) groups is 1. The number of nitrogens with zero attached hydrogens (tertiary/aromatic N) is 1. The minimum absolute atomic E-state index is 0.183. The number of nitrogens with one attached hydrogen (secondary N) is 1. The number of nitrogens with two attached hydrogens (primary N) is 1. The maximum Gasteiger partial charge on any atom is 0.241 e. The highest BCUT2D eigenvalue weighted by molar-refractivity contribution is 7.89. The average molecular weight is 315 g/mol. The van der Waals surface area contributed by atoms with Crippen LogP contribution in [-0.4, -0.2) is 45.0 Å². The first kappa shape index (κ1) is 17.0. The van der Waals surface area contributed by atoms with Crippen LogP contribution in [0, 0.1) is 6.92 Å². The maximum absolute atomic E-state index is 12.4.